The van der Waals surface area contributed by atoms with Gasteiger partial charge < -0.3 is 14.4 Å². The molecule has 6 nitrogen and oxygen atoms in total. The minimum absolute atomic E-state index is 0.234. The van der Waals surface area contributed by atoms with E-state index in [1.165, 1.54) is 0 Å². The van der Waals surface area contributed by atoms with Gasteiger partial charge in [0, 0.05) is 36.8 Å². The van der Waals surface area contributed by atoms with Crippen LogP contribution in [0.5, 0.6) is 0 Å². The maximum Gasteiger partial charge on any atom is 0.311 e. The summed E-state index contributed by atoms with van der Waals surface area (Å²) in [7, 11) is 1.59. The maximum atomic E-state index is 12.2. The number of methoxy groups -OCH3 is 1. The highest BCUT2D eigenvalue weighted by Crippen LogP contribution is 2.34. The van der Waals surface area contributed by atoms with Gasteiger partial charge in [-0.05, 0) is 31.5 Å². The maximum absolute atomic E-state index is 12.2. The Bertz CT molecular complexity index is 865. The molecule has 0 N–H and O–H groups in total. The molecule has 1 aromatic heterocycles. The molecule has 2 heterocycles. The van der Waals surface area contributed by atoms with E-state index in [0.29, 0.717) is 36.7 Å². The average Bonchev–Trinajstić information content (AvgIpc) is 2.66. The number of esters is 1. The fraction of sp³-hybridized carbons (Fsp3) is 0.421. The number of hydrogen-bond acceptors (Lipinski definition) is 6. The van der Waals surface area contributed by atoms with Gasteiger partial charge in [-0.3, -0.25) is 9.78 Å². The third kappa shape index (κ3) is 3.46. The van der Waals surface area contributed by atoms with Gasteiger partial charge in [0.1, 0.15) is 6.07 Å². The highest BCUT2D eigenvalue weighted by molar-refractivity contribution is 6.31. The average molecular weight is 374 g/mol. The number of benzene rings is 1. The molecule has 0 bridgehead atoms. The Balaban J connectivity index is 1.98. The number of anilines is 1. The highest BCUT2D eigenvalue weighted by atomic mass is 35.5. The van der Waals surface area contributed by atoms with Gasteiger partial charge in [0.05, 0.1) is 35.4 Å². The summed E-state index contributed by atoms with van der Waals surface area (Å²) in [6.07, 6.45) is 1.86. The second-order valence-corrected chi connectivity index (χ2v) is 6.60. The predicted octanol–water partition coefficient (Wildman–Crippen LogP) is 3.16. The van der Waals surface area contributed by atoms with Crippen LogP contribution in [0.1, 0.15) is 18.9 Å². The molecular formula is C19H20ClN3O3. The number of halogens is 1. The third-order valence-electron chi connectivity index (χ3n) is 4.69. The number of pyridine rings is 1. The summed E-state index contributed by atoms with van der Waals surface area (Å²) in [5.41, 5.74) is 2.03. The molecule has 0 spiro atoms. The van der Waals surface area contributed by atoms with Crippen molar-refractivity contribution in [1.29, 1.82) is 5.26 Å². The summed E-state index contributed by atoms with van der Waals surface area (Å²) in [6.45, 7) is 3.24. The molecule has 1 aliphatic rings. The quantitative estimate of drug-likeness (QED) is 0.766. The monoisotopic (exact) mass is 373 g/mol. The van der Waals surface area contributed by atoms with Crippen LogP contribution in [-0.2, 0) is 14.3 Å². The third-order valence-corrected chi connectivity index (χ3v) is 4.92. The van der Waals surface area contributed by atoms with Gasteiger partial charge >= 0.3 is 5.97 Å². The number of carbonyl (C=O) groups excluding carboxylic acids is 1. The van der Waals surface area contributed by atoms with Gasteiger partial charge in [0.2, 0.25) is 0 Å². The van der Waals surface area contributed by atoms with E-state index in [9.17, 15) is 10.1 Å². The van der Waals surface area contributed by atoms with Gasteiger partial charge in [0.25, 0.3) is 0 Å². The first-order valence-corrected chi connectivity index (χ1v) is 8.89. The minimum Gasteiger partial charge on any atom is -0.466 e. The first-order chi connectivity index (χ1) is 12.6. The van der Waals surface area contributed by atoms with Crippen molar-refractivity contribution in [2.24, 2.45) is 5.92 Å². The van der Waals surface area contributed by atoms with Crippen molar-refractivity contribution in [2.75, 3.05) is 31.7 Å². The molecule has 0 unspecified atom stereocenters. The van der Waals surface area contributed by atoms with E-state index in [0.717, 1.165) is 16.6 Å². The van der Waals surface area contributed by atoms with Crippen LogP contribution >= 0.6 is 11.6 Å². The predicted molar refractivity (Wildman–Crippen MR) is 99.2 cm³/mol. The molecule has 1 saturated heterocycles. The SMILES string of the molecule is CCOC(=O)[C@@H]1CCN(c2c(C#N)cnc3ccc(Cl)cc23)C[C@@H]1OC. The fourth-order valence-electron chi connectivity index (χ4n) is 3.45. The van der Waals surface area contributed by atoms with Crippen molar-refractivity contribution in [3.63, 3.8) is 0 Å². The number of aromatic nitrogens is 1. The molecule has 1 aromatic carbocycles. The summed E-state index contributed by atoms with van der Waals surface area (Å²) < 4.78 is 10.7. The fourth-order valence-corrected chi connectivity index (χ4v) is 3.62. The Morgan fingerprint density at radius 1 is 1.50 bits per heavy atom. The van der Waals surface area contributed by atoms with Gasteiger partial charge in [-0.2, -0.15) is 5.26 Å². The number of rotatable bonds is 4. The first kappa shape index (κ1) is 18.4. The van der Waals surface area contributed by atoms with E-state index in [-0.39, 0.29) is 18.0 Å². The van der Waals surface area contributed by atoms with Gasteiger partial charge in [-0.1, -0.05) is 11.6 Å². The number of nitrogens with zero attached hydrogens (tertiary/aromatic N) is 3. The van der Waals surface area contributed by atoms with Crippen LogP contribution < -0.4 is 4.90 Å². The van der Waals surface area contributed by atoms with E-state index in [1.807, 2.05) is 12.1 Å². The molecule has 136 valence electrons. The Morgan fingerprint density at radius 3 is 3.00 bits per heavy atom. The number of nitriles is 1. The molecule has 1 fully saturated rings. The second-order valence-electron chi connectivity index (χ2n) is 6.16. The molecule has 7 heteroatoms. The lowest BCUT2D eigenvalue weighted by Gasteiger charge is -2.38. The Morgan fingerprint density at radius 2 is 2.31 bits per heavy atom. The van der Waals surface area contributed by atoms with E-state index in [4.69, 9.17) is 21.1 Å². The number of piperidine rings is 1. The summed E-state index contributed by atoms with van der Waals surface area (Å²) in [5, 5.41) is 11.0. The topological polar surface area (TPSA) is 75.5 Å². The van der Waals surface area contributed by atoms with Crippen LogP contribution in [0.4, 0.5) is 5.69 Å². The largest absolute Gasteiger partial charge is 0.466 e. The zero-order chi connectivity index (χ0) is 18.7. The summed E-state index contributed by atoms with van der Waals surface area (Å²) in [6, 6.07) is 7.64. The molecule has 1 aliphatic heterocycles. The molecule has 3 rings (SSSR count). The van der Waals surface area contributed by atoms with Gasteiger partial charge in [0.15, 0.2) is 0 Å². The second kappa shape index (κ2) is 7.90. The van der Waals surface area contributed by atoms with Crippen molar-refractivity contribution < 1.29 is 14.3 Å². The summed E-state index contributed by atoms with van der Waals surface area (Å²) in [4.78, 5) is 18.6. The van der Waals surface area contributed by atoms with Crippen molar-refractivity contribution >= 4 is 34.2 Å². The summed E-state index contributed by atoms with van der Waals surface area (Å²) in [5.74, 6) is -0.541. The lowest BCUT2D eigenvalue weighted by molar-refractivity contribution is -0.153. The lowest BCUT2D eigenvalue weighted by atomic mass is 9.92. The normalized spacial score (nSPS) is 20.0. The van der Waals surface area contributed by atoms with E-state index in [1.54, 1.807) is 26.3 Å². The van der Waals surface area contributed by atoms with Crippen molar-refractivity contribution in [3.8, 4) is 6.07 Å². The Labute approximate surface area is 157 Å². The van der Waals surface area contributed by atoms with Crippen molar-refractivity contribution in [3.05, 3.63) is 35.0 Å². The molecular weight excluding hydrogens is 354 g/mol. The van der Waals surface area contributed by atoms with Crippen LogP contribution in [0, 0.1) is 17.2 Å². The van der Waals surface area contributed by atoms with Crippen molar-refractivity contribution in [1.82, 2.24) is 4.98 Å². The Kier molecular flexibility index (Phi) is 5.60. The van der Waals surface area contributed by atoms with Crippen LogP contribution in [-0.4, -0.2) is 43.9 Å². The number of carbonyl (C=O) groups is 1. The molecule has 2 aromatic rings. The molecule has 2 atom stereocenters. The molecule has 0 amide bonds. The number of ether oxygens (including phenoxy) is 2. The molecule has 0 aliphatic carbocycles. The minimum atomic E-state index is -0.309. The van der Waals surface area contributed by atoms with Crippen LogP contribution in [0.25, 0.3) is 10.9 Å². The van der Waals surface area contributed by atoms with Crippen LogP contribution in [0.3, 0.4) is 0 Å². The van der Waals surface area contributed by atoms with Gasteiger partial charge in [-0.15, -0.1) is 0 Å². The van der Waals surface area contributed by atoms with E-state index >= 15 is 0 Å². The standard InChI is InChI=1S/C19H20ClN3O3/c1-3-26-19(24)14-6-7-23(11-17(14)25-2)18-12(9-21)10-22-16-5-4-13(20)8-15(16)18/h4-5,8,10,14,17H,3,6-7,11H2,1-2H3/t14-,17+/m1/s1. The molecule has 0 radical (unpaired) electrons. The highest BCUT2D eigenvalue weighted by Gasteiger charge is 2.36. The number of hydrogen-bond donors (Lipinski definition) is 0. The zero-order valence-electron chi connectivity index (χ0n) is 14.7. The zero-order valence-corrected chi connectivity index (χ0v) is 15.5. The first-order valence-electron chi connectivity index (χ1n) is 8.51. The number of fused-ring (bicyclic) bond motifs is 1. The molecule has 26 heavy (non-hydrogen) atoms. The van der Waals surface area contributed by atoms with E-state index in [2.05, 4.69) is 16.0 Å². The smallest absolute Gasteiger partial charge is 0.311 e. The van der Waals surface area contributed by atoms with Gasteiger partial charge in [-0.25, -0.2) is 0 Å². The van der Waals surface area contributed by atoms with Crippen LogP contribution in [0.2, 0.25) is 5.02 Å². The van der Waals surface area contributed by atoms with Crippen molar-refractivity contribution in [2.45, 2.75) is 19.4 Å². The molecule has 0 saturated carbocycles. The van der Waals surface area contributed by atoms with Crippen LogP contribution in [0.15, 0.2) is 24.4 Å². The summed E-state index contributed by atoms with van der Waals surface area (Å²) >= 11 is 6.17. The van der Waals surface area contributed by atoms with E-state index < -0.39 is 0 Å². The Hall–Kier alpha value is -2.36. The lowest BCUT2D eigenvalue weighted by Crippen LogP contribution is -2.48.